The van der Waals surface area contributed by atoms with E-state index in [1.807, 2.05) is 30.4 Å². The molecule has 0 spiro atoms. The smallest absolute Gasteiger partial charge is 0.319 e. The first-order valence-corrected chi connectivity index (χ1v) is 8.96. The minimum atomic E-state index is -0.198. The van der Waals surface area contributed by atoms with Crippen LogP contribution in [-0.2, 0) is 0 Å². The average Bonchev–Trinajstić information content (AvgIpc) is 2.86. The molecule has 3 N–H and O–H groups in total. The number of amides is 2. The highest BCUT2D eigenvalue weighted by Crippen LogP contribution is 2.23. The Bertz CT molecular complexity index is 580. The van der Waals surface area contributed by atoms with Gasteiger partial charge in [-0.3, -0.25) is 0 Å². The first-order valence-electron chi connectivity index (χ1n) is 8.96. The third-order valence-corrected chi connectivity index (χ3v) is 4.80. The Kier molecular flexibility index (Phi) is 5.75. The van der Waals surface area contributed by atoms with Crippen LogP contribution in [0.1, 0.15) is 32.1 Å². The number of aliphatic hydroxyl groups excluding tert-OH is 1. The fourth-order valence-corrected chi connectivity index (χ4v) is 3.46. The topological polar surface area (TPSA) is 64.6 Å². The Morgan fingerprint density at radius 2 is 1.96 bits per heavy atom. The fraction of sp³-hybridized carbons (Fsp3) is 0.526. The SMILES string of the molecule is O=C(Nc1cccc(N2CCCCCC2)c1)N[C@@H]1C=C[C@H](CO)C1. The quantitative estimate of drug-likeness (QED) is 0.744. The summed E-state index contributed by atoms with van der Waals surface area (Å²) in [6.07, 6.45) is 9.76. The number of anilines is 2. The standard InChI is InChI=1S/C19H27N3O2/c23-14-15-8-9-17(12-15)21-19(24)20-16-6-5-7-18(13-16)22-10-3-1-2-4-11-22/h5-9,13,15,17,23H,1-4,10-12,14H2,(H2,20,21,24)/t15-,17+/m0/s1. The molecule has 1 aliphatic heterocycles. The number of rotatable bonds is 4. The summed E-state index contributed by atoms with van der Waals surface area (Å²) in [6, 6.07) is 7.87. The first kappa shape index (κ1) is 16.8. The Labute approximate surface area is 143 Å². The molecule has 1 aromatic rings. The van der Waals surface area contributed by atoms with Crippen LogP contribution in [0.4, 0.5) is 16.2 Å². The van der Waals surface area contributed by atoms with Crippen molar-refractivity contribution in [3.05, 3.63) is 36.4 Å². The van der Waals surface area contributed by atoms with Crippen molar-refractivity contribution in [3.8, 4) is 0 Å². The van der Waals surface area contributed by atoms with Gasteiger partial charge in [0.05, 0.1) is 0 Å². The van der Waals surface area contributed by atoms with Crippen molar-refractivity contribution < 1.29 is 9.90 Å². The van der Waals surface area contributed by atoms with E-state index < -0.39 is 0 Å². The summed E-state index contributed by atoms with van der Waals surface area (Å²) in [7, 11) is 0. The molecule has 1 heterocycles. The molecular weight excluding hydrogens is 302 g/mol. The maximum atomic E-state index is 12.2. The van der Waals surface area contributed by atoms with Gasteiger partial charge in [0.2, 0.25) is 0 Å². The molecule has 2 atom stereocenters. The van der Waals surface area contributed by atoms with Crippen LogP contribution in [0.15, 0.2) is 36.4 Å². The van der Waals surface area contributed by atoms with Gasteiger partial charge in [-0.1, -0.05) is 31.1 Å². The normalized spacial score (nSPS) is 23.8. The van der Waals surface area contributed by atoms with Crippen LogP contribution in [0.25, 0.3) is 0 Å². The largest absolute Gasteiger partial charge is 0.396 e. The maximum Gasteiger partial charge on any atom is 0.319 e. The lowest BCUT2D eigenvalue weighted by atomic mass is 10.1. The summed E-state index contributed by atoms with van der Waals surface area (Å²) in [6.45, 7) is 2.31. The van der Waals surface area contributed by atoms with Crippen LogP contribution >= 0.6 is 0 Å². The molecule has 0 bridgehead atoms. The van der Waals surface area contributed by atoms with Gasteiger partial charge in [0.15, 0.2) is 0 Å². The van der Waals surface area contributed by atoms with Crippen LogP contribution in [0.2, 0.25) is 0 Å². The summed E-state index contributed by atoms with van der Waals surface area (Å²) in [5.74, 6) is 0.154. The van der Waals surface area contributed by atoms with Gasteiger partial charge in [0, 0.05) is 43.0 Å². The van der Waals surface area contributed by atoms with E-state index in [9.17, 15) is 4.79 Å². The van der Waals surface area contributed by atoms with Crippen molar-refractivity contribution >= 4 is 17.4 Å². The molecule has 1 fully saturated rings. The first-order chi connectivity index (χ1) is 11.7. The van der Waals surface area contributed by atoms with Gasteiger partial charge in [-0.15, -0.1) is 0 Å². The molecule has 0 unspecified atom stereocenters. The fourth-order valence-electron chi connectivity index (χ4n) is 3.46. The molecule has 0 saturated carbocycles. The zero-order valence-corrected chi connectivity index (χ0v) is 14.1. The highest BCUT2D eigenvalue weighted by Gasteiger charge is 2.19. The molecule has 1 aliphatic carbocycles. The van der Waals surface area contributed by atoms with Crippen molar-refractivity contribution in [2.24, 2.45) is 5.92 Å². The van der Waals surface area contributed by atoms with E-state index in [2.05, 4.69) is 21.6 Å². The predicted molar refractivity (Wildman–Crippen MR) is 97.4 cm³/mol. The Morgan fingerprint density at radius 1 is 1.17 bits per heavy atom. The summed E-state index contributed by atoms with van der Waals surface area (Å²) in [5.41, 5.74) is 1.99. The van der Waals surface area contributed by atoms with Crippen LogP contribution < -0.4 is 15.5 Å². The van der Waals surface area contributed by atoms with E-state index in [1.165, 1.54) is 31.4 Å². The second-order valence-electron chi connectivity index (χ2n) is 6.72. The summed E-state index contributed by atoms with van der Waals surface area (Å²) in [5, 5.41) is 15.0. The predicted octanol–water partition coefficient (Wildman–Crippen LogP) is 3.13. The van der Waals surface area contributed by atoms with Gasteiger partial charge in [-0.2, -0.15) is 0 Å². The lowest BCUT2D eigenvalue weighted by Gasteiger charge is -2.23. The zero-order valence-electron chi connectivity index (χ0n) is 14.1. The molecule has 1 saturated heterocycles. The van der Waals surface area contributed by atoms with Crippen molar-refractivity contribution in [1.82, 2.24) is 5.32 Å². The molecular formula is C19H27N3O2. The number of nitrogens with one attached hydrogen (secondary N) is 2. The van der Waals surface area contributed by atoms with Crippen molar-refractivity contribution in [3.63, 3.8) is 0 Å². The van der Waals surface area contributed by atoms with Crippen LogP contribution in [-0.4, -0.2) is 36.9 Å². The van der Waals surface area contributed by atoms with E-state index in [0.717, 1.165) is 25.2 Å². The molecule has 24 heavy (non-hydrogen) atoms. The second kappa shape index (κ2) is 8.20. The van der Waals surface area contributed by atoms with Crippen molar-refractivity contribution in [1.29, 1.82) is 0 Å². The molecule has 0 aromatic heterocycles. The Morgan fingerprint density at radius 3 is 2.67 bits per heavy atom. The van der Waals surface area contributed by atoms with E-state index >= 15 is 0 Å². The number of carbonyl (C=O) groups is 1. The number of urea groups is 1. The van der Waals surface area contributed by atoms with E-state index in [1.54, 1.807) is 0 Å². The van der Waals surface area contributed by atoms with Gasteiger partial charge in [-0.25, -0.2) is 4.79 Å². The van der Waals surface area contributed by atoms with E-state index in [4.69, 9.17) is 5.11 Å². The number of hydrogen-bond acceptors (Lipinski definition) is 3. The third kappa shape index (κ3) is 4.51. The monoisotopic (exact) mass is 329 g/mol. The van der Waals surface area contributed by atoms with E-state index in [-0.39, 0.29) is 24.6 Å². The van der Waals surface area contributed by atoms with Gasteiger partial charge in [0.25, 0.3) is 0 Å². The molecule has 130 valence electrons. The minimum Gasteiger partial charge on any atom is -0.396 e. The lowest BCUT2D eigenvalue weighted by Crippen LogP contribution is -2.36. The van der Waals surface area contributed by atoms with Crippen LogP contribution in [0.3, 0.4) is 0 Å². The number of nitrogens with zero attached hydrogens (tertiary/aromatic N) is 1. The molecule has 5 nitrogen and oxygen atoms in total. The highest BCUT2D eigenvalue weighted by molar-refractivity contribution is 5.90. The van der Waals surface area contributed by atoms with Crippen molar-refractivity contribution in [2.45, 2.75) is 38.1 Å². The highest BCUT2D eigenvalue weighted by atomic mass is 16.3. The summed E-state index contributed by atoms with van der Waals surface area (Å²) >= 11 is 0. The van der Waals surface area contributed by atoms with Gasteiger partial charge in [-0.05, 0) is 37.5 Å². The number of aliphatic hydroxyl groups is 1. The zero-order chi connectivity index (χ0) is 16.8. The van der Waals surface area contributed by atoms with Crippen LogP contribution in [0.5, 0.6) is 0 Å². The van der Waals surface area contributed by atoms with Gasteiger partial charge >= 0.3 is 6.03 Å². The molecule has 5 heteroatoms. The number of carbonyl (C=O) groups excluding carboxylic acids is 1. The minimum absolute atomic E-state index is 0.00376. The number of hydrogen-bond donors (Lipinski definition) is 3. The molecule has 1 aromatic carbocycles. The van der Waals surface area contributed by atoms with Crippen molar-refractivity contribution in [2.75, 3.05) is 29.9 Å². The molecule has 3 rings (SSSR count). The average molecular weight is 329 g/mol. The maximum absolute atomic E-state index is 12.2. The van der Waals surface area contributed by atoms with Gasteiger partial charge in [0.1, 0.15) is 0 Å². The second-order valence-corrected chi connectivity index (χ2v) is 6.72. The molecule has 0 radical (unpaired) electrons. The Balaban J connectivity index is 1.56. The van der Waals surface area contributed by atoms with Gasteiger partial charge < -0.3 is 20.6 Å². The summed E-state index contributed by atoms with van der Waals surface area (Å²) in [4.78, 5) is 14.6. The van der Waals surface area contributed by atoms with Crippen LogP contribution in [0, 0.1) is 5.92 Å². The lowest BCUT2D eigenvalue weighted by molar-refractivity contribution is 0.238. The molecule has 2 amide bonds. The summed E-state index contributed by atoms with van der Waals surface area (Å²) < 4.78 is 0. The Hall–Kier alpha value is -2.01. The van der Waals surface area contributed by atoms with E-state index in [0.29, 0.717) is 0 Å². The third-order valence-electron chi connectivity index (χ3n) is 4.80. The number of benzene rings is 1. The molecule has 2 aliphatic rings.